The molecule has 1 aromatic carbocycles. The maximum absolute atomic E-state index is 14.2. The van der Waals surface area contributed by atoms with Crippen LogP contribution in [0.15, 0.2) is 22.7 Å². The van der Waals surface area contributed by atoms with E-state index >= 15 is 0 Å². The Balaban J connectivity index is 1.18. The lowest BCUT2D eigenvalue weighted by molar-refractivity contribution is 0.0977. The van der Waals surface area contributed by atoms with Crippen LogP contribution in [0.1, 0.15) is 81.4 Å². The van der Waals surface area contributed by atoms with Crippen LogP contribution < -0.4 is 9.64 Å². The summed E-state index contributed by atoms with van der Waals surface area (Å²) in [5.74, 6) is 3.11. The van der Waals surface area contributed by atoms with Crippen molar-refractivity contribution in [2.45, 2.75) is 65.2 Å². The number of hydrogen-bond acceptors (Lipinski definition) is 6. The van der Waals surface area contributed by atoms with E-state index in [9.17, 15) is 9.18 Å². The SMILES string of the molecule is CCCC(=O)c1ccc(OCC[C@@H]2C[C@@H]2C2CCN(c3nc(C(C)C)no3)CC2)cc1F. The molecule has 7 heteroatoms. The first-order valence-corrected chi connectivity index (χ1v) is 12.0. The molecule has 2 atom stereocenters. The molecule has 6 nitrogen and oxygen atoms in total. The fourth-order valence-corrected chi connectivity index (χ4v) is 4.79. The highest BCUT2D eigenvalue weighted by Crippen LogP contribution is 2.50. The highest BCUT2D eigenvalue weighted by Gasteiger charge is 2.43. The van der Waals surface area contributed by atoms with E-state index in [-0.39, 0.29) is 17.3 Å². The van der Waals surface area contributed by atoms with Crippen molar-refractivity contribution in [3.05, 3.63) is 35.4 Å². The van der Waals surface area contributed by atoms with Crippen LogP contribution in [0.4, 0.5) is 10.4 Å². The number of halogens is 1. The maximum atomic E-state index is 14.2. The first-order chi connectivity index (χ1) is 15.5. The Morgan fingerprint density at radius 2 is 2.09 bits per heavy atom. The molecule has 0 unspecified atom stereocenters. The smallest absolute Gasteiger partial charge is 0.324 e. The number of carbonyl (C=O) groups excluding carboxylic acids is 1. The highest BCUT2D eigenvalue weighted by molar-refractivity contribution is 5.96. The molecular formula is C25H34FN3O3. The molecule has 1 aliphatic carbocycles. The number of aromatic nitrogens is 2. The number of hydrogen-bond donors (Lipinski definition) is 0. The summed E-state index contributed by atoms with van der Waals surface area (Å²) >= 11 is 0. The number of benzene rings is 1. The van der Waals surface area contributed by atoms with E-state index in [1.165, 1.54) is 12.5 Å². The maximum Gasteiger partial charge on any atom is 0.324 e. The second-order valence-electron chi connectivity index (χ2n) is 9.53. The fraction of sp³-hybridized carbons (Fsp3) is 0.640. The van der Waals surface area contributed by atoms with Crippen LogP contribution >= 0.6 is 0 Å². The van der Waals surface area contributed by atoms with Crippen molar-refractivity contribution in [1.82, 2.24) is 10.1 Å². The monoisotopic (exact) mass is 443 g/mol. The Hall–Kier alpha value is -2.44. The lowest BCUT2D eigenvalue weighted by Gasteiger charge is -2.30. The Kier molecular flexibility index (Phi) is 7.11. The molecule has 0 spiro atoms. The quantitative estimate of drug-likeness (QED) is 0.443. The number of nitrogens with zero attached hydrogens (tertiary/aromatic N) is 3. The summed E-state index contributed by atoms with van der Waals surface area (Å²) in [6, 6.07) is 5.24. The molecule has 0 N–H and O–H groups in total. The molecule has 174 valence electrons. The Bertz CT molecular complexity index is 921. The highest BCUT2D eigenvalue weighted by atomic mass is 19.1. The molecule has 1 aliphatic heterocycles. The number of carbonyl (C=O) groups is 1. The predicted molar refractivity (Wildman–Crippen MR) is 121 cm³/mol. The van der Waals surface area contributed by atoms with Gasteiger partial charge in [-0.2, -0.15) is 4.98 Å². The first kappa shape index (κ1) is 22.7. The van der Waals surface area contributed by atoms with Gasteiger partial charge in [0.05, 0.1) is 12.2 Å². The normalized spacial score (nSPS) is 21.2. The van der Waals surface area contributed by atoms with Gasteiger partial charge in [-0.3, -0.25) is 4.79 Å². The minimum absolute atomic E-state index is 0.150. The minimum Gasteiger partial charge on any atom is -0.493 e. The zero-order valence-corrected chi connectivity index (χ0v) is 19.3. The van der Waals surface area contributed by atoms with Crippen molar-refractivity contribution in [2.75, 3.05) is 24.6 Å². The molecule has 0 bridgehead atoms. The van der Waals surface area contributed by atoms with Gasteiger partial charge in [0, 0.05) is 31.5 Å². The molecule has 4 rings (SSSR count). The molecule has 0 radical (unpaired) electrons. The van der Waals surface area contributed by atoms with Crippen LogP contribution in [-0.2, 0) is 0 Å². The Labute approximate surface area is 189 Å². The third-order valence-corrected chi connectivity index (χ3v) is 6.82. The van der Waals surface area contributed by atoms with E-state index in [2.05, 4.69) is 28.9 Å². The average molecular weight is 444 g/mol. The lowest BCUT2D eigenvalue weighted by Crippen LogP contribution is -2.34. The number of piperidine rings is 1. The molecule has 0 amide bonds. The van der Waals surface area contributed by atoms with E-state index in [0.717, 1.165) is 50.0 Å². The van der Waals surface area contributed by atoms with E-state index in [1.54, 1.807) is 12.1 Å². The summed E-state index contributed by atoms with van der Waals surface area (Å²) in [7, 11) is 0. The molecule has 2 aromatic rings. The number of ketones is 1. The van der Waals surface area contributed by atoms with E-state index in [4.69, 9.17) is 9.26 Å². The van der Waals surface area contributed by atoms with Crippen LogP contribution in [0.5, 0.6) is 5.75 Å². The van der Waals surface area contributed by atoms with Gasteiger partial charge in [0.15, 0.2) is 11.6 Å². The molecule has 2 fully saturated rings. The van der Waals surface area contributed by atoms with Crippen molar-refractivity contribution in [3.63, 3.8) is 0 Å². The van der Waals surface area contributed by atoms with Gasteiger partial charge in [0.25, 0.3) is 0 Å². The van der Waals surface area contributed by atoms with Crippen LogP contribution in [0.25, 0.3) is 0 Å². The zero-order valence-electron chi connectivity index (χ0n) is 19.3. The number of Topliss-reactive ketones (excluding diaryl/α,β-unsaturated/α-hetero) is 1. The average Bonchev–Trinajstić information content (AvgIpc) is 3.36. The van der Waals surface area contributed by atoms with Crippen LogP contribution in [0, 0.1) is 23.6 Å². The number of ether oxygens (including phenoxy) is 1. The summed E-state index contributed by atoms with van der Waals surface area (Å²) in [5.41, 5.74) is 0.161. The van der Waals surface area contributed by atoms with Gasteiger partial charge in [0.2, 0.25) is 0 Å². The van der Waals surface area contributed by atoms with Gasteiger partial charge in [-0.05, 0) is 62.0 Å². The van der Waals surface area contributed by atoms with Crippen molar-refractivity contribution < 1.29 is 18.4 Å². The fourth-order valence-electron chi connectivity index (χ4n) is 4.79. The second kappa shape index (κ2) is 10.0. The molecule has 32 heavy (non-hydrogen) atoms. The van der Waals surface area contributed by atoms with E-state index in [0.29, 0.717) is 37.1 Å². The lowest BCUT2D eigenvalue weighted by atomic mass is 9.90. The minimum atomic E-state index is -0.487. The van der Waals surface area contributed by atoms with Crippen LogP contribution in [0.2, 0.25) is 0 Å². The number of anilines is 1. The molecule has 1 saturated heterocycles. The molecular weight excluding hydrogens is 409 g/mol. The summed E-state index contributed by atoms with van der Waals surface area (Å²) in [6.07, 6.45) is 5.64. The van der Waals surface area contributed by atoms with Gasteiger partial charge in [0.1, 0.15) is 11.6 Å². The van der Waals surface area contributed by atoms with Gasteiger partial charge in [-0.25, -0.2) is 4.39 Å². The molecule has 2 aliphatic rings. The zero-order chi connectivity index (χ0) is 22.7. The van der Waals surface area contributed by atoms with Crippen LogP contribution in [0.3, 0.4) is 0 Å². The van der Waals surface area contributed by atoms with Crippen molar-refractivity contribution in [1.29, 1.82) is 0 Å². The largest absolute Gasteiger partial charge is 0.493 e. The number of rotatable bonds is 10. The molecule has 1 saturated carbocycles. The third kappa shape index (κ3) is 5.30. The summed E-state index contributed by atoms with van der Waals surface area (Å²) in [5, 5.41) is 4.07. The Morgan fingerprint density at radius 1 is 1.31 bits per heavy atom. The summed E-state index contributed by atoms with van der Waals surface area (Å²) in [6.45, 7) is 8.56. The van der Waals surface area contributed by atoms with Crippen molar-refractivity contribution in [3.8, 4) is 5.75 Å². The summed E-state index contributed by atoms with van der Waals surface area (Å²) in [4.78, 5) is 18.6. The van der Waals surface area contributed by atoms with Gasteiger partial charge in [-0.15, -0.1) is 0 Å². The van der Waals surface area contributed by atoms with Gasteiger partial charge in [-0.1, -0.05) is 25.9 Å². The van der Waals surface area contributed by atoms with E-state index in [1.807, 2.05) is 6.92 Å². The first-order valence-electron chi connectivity index (χ1n) is 12.0. The third-order valence-electron chi connectivity index (χ3n) is 6.82. The van der Waals surface area contributed by atoms with Gasteiger partial charge < -0.3 is 14.2 Å². The van der Waals surface area contributed by atoms with Crippen molar-refractivity contribution >= 4 is 11.8 Å². The molecule has 1 aromatic heterocycles. The molecule has 2 heterocycles. The predicted octanol–water partition coefficient (Wildman–Crippen LogP) is 5.64. The van der Waals surface area contributed by atoms with Crippen molar-refractivity contribution in [2.24, 2.45) is 17.8 Å². The van der Waals surface area contributed by atoms with E-state index < -0.39 is 5.82 Å². The topological polar surface area (TPSA) is 68.5 Å². The second-order valence-corrected chi connectivity index (χ2v) is 9.53. The Morgan fingerprint density at radius 3 is 2.75 bits per heavy atom. The van der Waals surface area contributed by atoms with Crippen LogP contribution in [-0.4, -0.2) is 35.6 Å². The standard InChI is InChI=1S/C25H34FN3O3/c1-4-5-23(30)20-7-6-19(15-22(20)26)31-13-10-18-14-21(18)17-8-11-29(12-9-17)25-27-24(16(2)3)28-32-25/h6-7,15-18,21H,4-5,8-14H2,1-3H3/t18-,21-/m1/s1. The van der Waals surface area contributed by atoms with Gasteiger partial charge >= 0.3 is 6.01 Å². The summed E-state index contributed by atoms with van der Waals surface area (Å²) < 4.78 is 25.4.